The molecule has 1 heterocycles. The Kier molecular flexibility index (Phi) is 6.64. The number of hydrogen-bond donors (Lipinski definition) is 3. The molecule has 2 amide bonds. The van der Waals surface area contributed by atoms with Crippen LogP contribution in [0.5, 0.6) is 17.2 Å². The predicted molar refractivity (Wildman–Crippen MR) is 127 cm³/mol. The van der Waals surface area contributed by atoms with Crippen molar-refractivity contribution in [3.8, 4) is 17.2 Å². The van der Waals surface area contributed by atoms with Gasteiger partial charge in [0.15, 0.2) is 11.5 Å². The van der Waals surface area contributed by atoms with Crippen LogP contribution in [0.2, 0.25) is 0 Å². The van der Waals surface area contributed by atoms with Crippen LogP contribution in [-0.2, 0) is 4.79 Å². The van der Waals surface area contributed by atoms with Crippen LogP contribution in [0.4, 0.5) is 17.1 Å². The Morgan fingerprint density at radius 2 is 1.45 bits per heavy atom. The molecule has 170 valence electrons. The summed E-state index contributed by atoms with van der Waals surface area (Å²) < 4.78 is 16.2. The van der Waals surface area contributed by atoms with Gasteiger partial charge in [-0.25, -0.2) is 0 Å². The Labute approximate surface area is 191 Å². The van der Waals surface area contributed by atoms with Gasteiger partial charge in [-0.3, -0.25) is 9.59 Å². The van der Waals surface area contributed by atoms with Crippen molar-refractivity contribution in [3.05, 3.63) is 72.3 Å². The first kappa shape index (κ1) is 22.0. The zero-order valence-corrected chi connectivity index (χ0v) is 18.4. The van der Waals surface area contributed by atoms with Gasteiger partial charge >= 0.3 is 0 Å². The summed E-state index contributed by atoms with van der Waals surface area (Å²) in [6.45, 7) is 2.76. The van der Waals surface area contributed by atoms with Gasteiger partial charge in [-0.15, -0.1) is 0 Å². The lowest BCUT2D eigenvalue weighted by Gasteiger charge is -2.20. The lowest BCUT2D eigenvalue weighted by Crippen LogP contribution is -2.31. The van der Waals surface area contributed by atoms with Crippen LogP contribution < -0.4 is 30.2 Å². The van der Waals surface area contributed by atoms with E-state index in [0.29, 0.717) is 41.7 Å². The quantitative estimate of drug-likeness (QED) is 0.503. The third-order valence-corrected chi connectivity index (χ3v) is 5.08. The summed E-state index contributed by atoms with van der Waals surface area (Å²) in [6.07, 6.45) is 0. The number of carbonyl (C=O) groups excluding carboxylic acids is 2. The van der Waals surface area contributed by atoms with Gasteiger partial charge in [-0.1, -0.05) is 0 Å². The summed E-state index contributed by atoms with van der Waals surface area (Å²) >= 11 is 0. The molecule has 0 aromatic heterocycles. The van der Waals surface area contributed by atoms with E-state index in [-0.39, 0.29) is 11.8 Å². The van der Waals surface area contributed by atoms with E-state index in [1.165, 1.54) is 0 Å². The summed E-state index contributed by atoms with van der Waals surface area (Å²) in [5, 5.41) is 8.84. The third-order valence-electron chi connectivity index (χ3n) is 5.08. The standard InChI is InChI=1S/C25H25N3O5/c1-16(24(29)28-20-9-12-22-23(15-20)33-14-13-32-22)26-18-5-3-17(4-6-18)25(30)27-19-7-10-21(31-2)11-8-19/h3-12,15-16,26H,13-14H2,1-2H3,(H,27,30)(H,28,29). The van der Waals surface area contributed by atoms with Gasteiger partial charge in [-0.05, 0) is 67.6 Å². The largest absolute Gasteiger partial charge is 0.497 e. The molecule has 3 aromatic carbocycles. The van der Waals surface area contributed by atoms with E-state index in [1.807, 2.05) is 0 Å². The molecule has 1 unspecified atom stereocenters. The Morgan fingerprint density at radius 3 is 2.15 bits per heavy atom. The van der Waals surface area contributed by atoms with Crippen molar-refractivity contribution in [2.45, 2.75) is 13.0 Å². The molecular formula is C25H25N3O5. The molecule has 8 nitrogen and oxygen atoms in total. The maximum Gasteiger partial charge on any atom is 0.255 e. The molecular weight excluding hydrogens is 422 g/mol. The van der Waals surface area contributed by atoms with E-state index in [2.05, 4.69) is 16.0 Å². The van der Waals surface area contributed by atoms with Gasteiger partial charge in [0.25, 0.3) is 5.91 Å². The predicted octanol–water partition coefficient (Wildman–Crippen LogP) is 4.16. The average Bonchev–Trinajstić information content (AvgIpc) is 2.84. The van der Waals surface area contributed by atoms with Crippen LogP contribution in [-0.4, -0.2) is 38.2 Å². The maximum absolute atomic E-state index is 12.6. The van der Waals surface area contributed by atoms with Crippen LogP contribution in [0.1, 0.15) is 17.3 Å². The molecule has 0 radical (unpaired) electrons. The monoisotopic (exact) mass is 447 g/mol. The lowest BCUT2D eigenvalue weighted by atomic mass is 10.1. The Hall–Kier alpha value is -4.20. The second-order valence-corrected chi connectivity index (χ2v) is 7.47. The number of fused-ring (bicyclic) bond motifs is 1. The van der Waals surface area contributed by atoms with E-state index >= 15 is 0 Å². The van der Waals surface area contributed by atoms with E-state index in [0.717, 1.165) is 11.4 Å². The van der Waals surface area contributed by atoms with Gasteiger partial charge in [-0.2, -0.15) is 0 Å². The van der Waals surface area contributed by atoms with Gasteiger partial charge in [0.1, 0.15) is 25.0 Å². The maximum atomic E-state index is 12.6. The van der Waals surface area contributed by atoms with Crippen LogP contribution >= 0.6 is 0 Å². The van der Waals surface area contributed by atoms with Crippen LogP contribution in [0.15, 0.2) is 66.7 Å². The molecule has 1 aliphatic heterocycles. The van der Waals surface area contributed by atoms with Gasteiger partial charge in [0, 0.05) is 28.7 Å². The van der Waals surface area contributed by atoms with Gasteiger partial charge < -0.3 is 30.2 Å². The third kappa shape index (κ3) is 5.54. The molecule has 0 saturated heterocycles. The number of rotatable bonds is 7. The average molecular weight is 447 g/mol. The molecule has 0 bridgehead atoms. The molecule has 4 rings (SSSR count). The van der Waals surface area contributed by atoms with Crippen molar-refractivity contribution in [2.24, 2.45) is 0 Å². The van der Waals surface area contributed by atoms with Crippen molar-refractivity contribution >= 4 is 28.9 Å². The zero-order valence-electron chi connectivity index (χ0n) is 18.4. The Bertz CT molecular complexity index is 1130. The second-order valence-electron chi connectivity index (χ2n) is 7.47. The molecule has 33 heavy (non-hydrogen) atoms. The summed E-state index contributed by atoms with van der Waals surface area (Å²) in [4.78, 5) is 25.1. The van der Waals surface area contributed by atoms with E-state index in [4.69, 9.17) is 14.2 Å². The van der Waals surface area contributed by atoms with Crippen molar-refractivity contribution in [2.75, 3.05) is 36.3 Å². The highest BCUT2D eigenvalue weighted by molar-refractivity contribution is 6.04. The fourth-order valence-corrected chi connectivity index (χ4v) is 3.28. The summed E-state index contributed by atoms with van der Waals surface area (Å²) in [5.41, 5.74) is 2.53. The number of amides is 2. The fourth-order valence-electron chi connectivity index (χ4n) is 3.28. The second kappa shape index (κ2) is 9.95. The zero-order chi connectivity index (χ0) is 23.2. The first-order valence-electron chi connectivity index (χ1n) is 10.5. The summed E-state index contributed by atoms with van der Waals surface area (Å²) in [7, 11) is 1.59. The number of ether oxygens (including phenoxy) is 3. The number of carbonyl (C=O) groups is 2. The molecule has 1 aliphatic rings. The number of nitrogens with one attached hydrogen (secondary N) is 3. The molecule has 3 aromatic rings. The van der Waals surface area contributed by atoms with Crippen LogP contribution in [0.25, 0.3) is 0 Å². The first-order chi connectivity index (χ1) is 16.0. The SMILES string of the molecule is COc1ccc(NC(=O)c2ccc(NC(C)C(=O)Nc3ccc4c(c3)OCCO4)cc2)cc1. The summed E-state index contributed by atoms with van der Waals surface area (Å²) in [6, 6.07) is 18.8. The lowest BCUT2D eigenvalue weighted by molar-refractivity contribution is -0.116. The van der Waals surface area contributed by atoms with Crippen molar-refractivity contribution in [1.29, 1.82) is 0 Å². The minimum Gasteiger partial charge on any atom is -0.497 e. The minimum atomic E-state index is -0.503. The molecule has 0 saturated carbocycles. The Balaban J connectivity index is 1.32. The van der Waals surface area contributed by atoms with Crippen LogP contribution in [0, 0.1) is 0 Å². The normalized spacial score (nSPS) is 12.9. The van der Waals surface area contributed by atoms with Gasteiger partial charge in [0.05, 0.1) is 7.11 Å². The number of methoxy groups -OCH3 is 1. The number of hydrogen-bond acceptors (Lipinski definition) is 6. The molecule has 1 atom stereocenters. The molecule has 8 heteroatoms. The molecule has 0 fully saturated rings. The van der Waals surface area contributed by atoms with Crippen LogP contribution in [0.3, 0.4) is 0 Å². The van der Waals surface area contributed by atoms with E-state index in [1.54, 1.807) is 80.8 Å². The molecule has 0 aliphatic carbocycles. The highest BCUT2D eigenvalue weighted by atomic mass is 16.6. The summed E-state index contributed by atoms with van der Waals surface area (Å²) in [5.74, 6) is 1.57. The first-order valence-corrected chi connectivity index (χ1v) is 10.5. The van der Waals surface area contributed by atoms with Gasteiger partial charge in [0.2, 0.25) is 5.91 Å². The molecule has 0 spiro atoms. The fraction of sp³-hybridized carbons (Fsp3) is 0.200. The van der Waals surface area contributed by atoms with E-state index in [9.17, 15) is 9.59 Å². The topological polar surface area (TPSA) is 97.9 Å². The van der Waals surface area contributed by atoms with Crippen molar-refractivity contribution in [3.63, 3.8) is 0 Å². The highest BCUT2D eigenvalue weighted by Gasteiger charge is 2.16. The number of benzene rings is 3. The minimum absolute atomic E-state index is 0.201. The van der Waals surface area contributed by atoms with Crippen molar-refractivity contribution < 1.29 is 23.8 Å². The smallest absolute Gasteiger partial charge is 0.255 e. The number of anilines is 3. The highest BCUT2D eigenvalue weighted by Crippen LogP contribution is 2.32. The Morgan fingerprint density at radius 1 is 0.818 bits per heavy atom. The van der Waals surface area contributed by atoms with E-state index < -0.39 is 6.04 Å². The van der Waals surface area contributed by atoms with Crippen molar-refractivity contribution in [1.82, 2.24) is 0 Å². The molecule has 3 N–H and O–H groups in total.